The molecule has 2 bridgehead atoms. The lowest BCUT2D eigenvalue weighted by atomic mass is 9.96. The number of hydrogen-bond donors (Lipinski definition) is 1. The fourth-order valence-electron chi connectivity index (χ4n) is 3.32. The van der Waals surface area contributed by atoms with E-state index in [1.54, 1.807) is 0 Å². The second-order valence-corrected chi connectivity index (χ2v) is 4.74. The summed E-state index contributed by atoms with van der Waals surface area (Å²) in [6.45, 7) is 8.00. The standard InChI is InChI=1S/C11H22N2/c1-4-12-10-7-9-5-6-11(10)13(9)8(2)3/h8-12H,4-7H2,1-3H3. The second kappa shape index (κ2) is 3.58. The first-order valence-electron chi connectivity index (χ1n) is 5.74. The largest absolute Gasteiger partial charge is 0.313 e. The van der Waals surface area contributed by atoms with Crippen molar-refractivity contribution in [3.8, 4) is 0 Å². The Kier molecular flexibility index (Phi) is 2.61. The van der Waals surface area contributed by atoms with Gasteiger partial charge in [0.25, 0.3) is 0 Å². The van der Waals surface area contributed by atoms with Gasteiger partial charge in [-0.1, -0.05) is 6.92 Å². The average molecular weight is 182 g/mol. The smallest absolute Gasteiger partial charge is 0.0256 e. The lowest BCUT2D eigenvalue weighted by Crippen LogP contribution is -2.43. The molecule has 2 rings (SSSR count). The molecule has 2 heteroatoms. The van der Waals surface area contributed by atoms with Crippen molar-refractivity contribution in [3.63, 3.8) is 0 Å². The maximum Gasteiger partial charge on any atom is 0.0256 e. The van der Waals surface area contributed by atoms with Crippen LogP contribution in [-0.2, 0) is 0 Å². The molecule has 0 aromatic heterocycles. The zero-order chi connectivity index (χ0) is 9.42. The van der Waals surface area contributed by atoms with Crippen LogP contribution in [0.1, 0.15) is 40.0 Å². The molecule has 2 aliphatic heterocycles. The molecule has 3 unspecified atom stereocenters. The normalized spacial score (nSPS) is 39.2. The fraction of sp³-hybridized carbons (Fsp3) is 1.00. The van der Waals surface area contributed by atoms with E-state index in [2.05, 4.69) is 31.0 Å². The number of hydrogen-bond acceptors (Lipinski definition) is 2. The molecule has 0 amide bonds. The topological polar surface area (TPSA) is 15.3 Å². The molecule has 0 aromatic carbocycles. The molecule has 2 aliphatic rings. The monoisotopic (exact) mass is 182 g/mol. The zero-order valence-electron chi connectivity index (χ0n) is 9.09. The van der Waals surface area contributed by atoms with E-state index in [9.17, 15) is 0 Å². The first-order chi connectivity index (χ1) is 6.24. The van der Waals surface area contributed by atoms with Gasteiger partial charge >= 0.3 is 0 Å². The lowest BCUT2D eigenvalue weighted by molar-refractivity contribution is 0.193. The average Bonchev–Trinajstić information content (AvgIpc) is 2.60. The minimum absolute atomic E-state index is 0.737. The van der Waals surface area contributed by atoms with Crippen LogP contribution in [0.15, 0.2) is 0 Å². The molecular weight excluding hydrogens is 160 g/mol. The summed E-state index contributed by atoms with van der Waals surface area (Å²) in [5.74, 6) is 0. The summed E-state index contributed by atoms with van der Waals surface area (Å²) in [4.78, 5) is 2.73. The molecule has 2 fully saturated rings. The van der Waals surface area contributed by atoms with Crippen LogP contribution in [0.5, 0.6) is 0 Å². The van der Waals surface area contributed by atoms with Crippen LogP contribution in [0.3, 0.4) is 0 Å². The number of nitrogens with one attached hydrogen (secondary N) is 1. The van der Waals surface area contributed by atoms with Crippen LogP contribution in [-0.4, -0.2) is 35.6 Å². The third-order valence-corrected chi connectivity index (χ3v) is 3.65. The highest BCUT2D eigenvalue weighted by Gasteiger charge is 2.46. The van der Waals surface area contributed by atoms with Gasteiger partial charge in [0.15, 0.2) is 0 Å². The highest BCUT2D eigenvalue weighted by Crippen LogP contribution is 2.38. The molecule has 0 aromatic rings. The molecule has 3 atom stereocenters. The van der Waals surface area contributed by atoms with Gasteiger partial charge in [0, 0.05) is 24.2 Å². The quantitative estimate of drug-likeness (QED) is 0.713. The van der Waals surface area contributed by atoms with Crippen molar-refractivity contribution in [3.05, 3.63) is 0 Å². The summed E-state index contributed by atoms with van der Waals surface area (Å²) in [5, 5.41) is 3.62. The second-order valence-electron chi connectivity index (χ2n) is 4.74. The predicted molar refractivity (Wildman–Crippen MR) is 55.9 cm³/mol. The molecule has 1 N–H and O–H groups in total. The van der Waals surface area contributed by atoms with Crippen LogP contribution in [0.25, 0.3) is 0 Å². The van der Waals surface area contributed by atoms with Crippen molar-refractivity contribution in [1.82, 2.24) is 10.2 Å². The van der Waals surface area contributed by atoms with Crippen molar-refractivity contribution in [1.29, 1.82) is 0 Å². The van der Waals surface area contributed by atoms with Crippen LogP contribution in [0.2, 0.25) is 0 Å². The first kappa shape index (κ1) is 9.47. The van der Waals surface area contributed by atoms with Gasteiger partial charge in [-0.25, -0.2) is 0 Å². The lowest BCUT2D eigenvalue weighted by Gasteiger charge is -2.27. The van der Waals surface area contributed by atoms with Crippen molar-refractivity contribution in [2.24, 2.45) is 0 Å². The van der Waals surface area contributed by atoms with Crippen LogP contribution < -0.4 is 5.32 Å². The Morgan fingerprint density at radius 1 is 1.38 bits per heavy atom. The van der Waals surface area contributed by atoms with Crippen LogP contribution in [0.4, 0.5) is 0 Å². The Bertz CT molecular complexity index is 179. The first-order valence-corrected chi connectivity index (χ1v) is 5.74. The SMILES string of the molecule is CCNC1CC2CCC1N2C(C)C. The van der Waals surface area contributed by atoms with E-state index in [1.165, 1.54) is 19.3 Å². The molecule has 2 nitrogen and oxygen atoms in total. The molecular formula is C11H22N2. The summed E-state index contributed by atoms with van der Waals surface area (Å²) in [6.07, 6.45) is 4.24. The molecule has 2 saturated heterocycles. The molecule has 2 heterocycles. The van der Waals surface area contributed by atoms with E-state index in [0.29, 0.717) is 0 Å². The number of fused-ring (bicyclic) bond motifs is 2. The minimum atomic E-state index is 0.737. The van der Waals surface area contributed by atoms with E-state index in [4.69, 9.17) is 0 Å². The number of rotatable bonds is 3. The minimum Gasteiger partial charge on any atom is -0.313 e. The third kappa shape index (κ3) is 1.50. The Labute approximate surface area is 81.7 Å². The van der Waals surface area contributed by atoms with Gasteiger partial charge in [0.05, 0.1) is 0 Å². The van der Waals surface area contributed by atoms with Gasteiger partial charge in [-0.15, -0.1) is 0 Å². The van der Waals surface area contributed by atoms with Gasteiger partial charge in [-0.2, -0.15) is 0 Å². The molecule has 0 radical (unpaired) electrons. The van der Waals surface area contributed by atoms with Crippen molar-refractivity contribution < 1.29 is 0 Å². The van der Waals surface area contributed by atoms with Gasteiger partial charge in [-0.05, 0) is 39.7 Å². The molecule has 0 saturated carbocycles. The Hall–Kier alpha value is -0.0800. The molecule has 0 aliphatic carbocycles. The third-order valence-electron chi connectivity index (χ3n) is 3.65. The molecule has 0 spiro atoms. The Balaban J connectivity index is 2.02. The van der Waals surface area contributed by atoms with E-state index >= 15 is 0 Å². The Morgan fingerprint density at radius 2 is 2.15 bits per heavy atom. The number of nitrogens with zero attached hydrogens (tertiary/aromatic N) is 1. The van der Waals surface area contributed by atoms with Crippen molar-refractivity contribution in [2.45, 2.75) is 64.2 Å². The number of likely N-dealkylation sites (N-methyl/N-ethyl adjacent to an activating group) is 1. The van der Waals surface area contributed by atoms with E-state index in [0.717, 1.165) is 30.7 Å². The van der Waals surface area contributed by atoms with Gasteiger partial charge in [-0.3, -0.25) is 4.90 Å². The van der Waals surface area contributed by atoms with Crippen molar-refractivity contribution >= 4 is 0 Å². The van der Waals surface area contributed by atoms with Gasteiger partial charge in [0.1, 0.15) is 0 Å². The summed E-state index contributed by atoms with van der Waals surface area (Å²) >= 11 is 0. The van der Waals surface area contributed by atoms with E-state index < -0.39 is 0 Å². The van der Waals surface area contributed by atoms with Gasteiger partial charge in [0.2, 0.25) is 0 Å². The van der Waals surface area contributed by atoms with Crippen LogP contribution >= 0.6 is 0 Å². The molecule has 76 valence electrons. The summed E-state index contributed by atoms with van der Waals surface area (Å²) in [6, 6.07) is 3.24. The predicted octanol–water partition coefficient (Wildman–Crippen LogP) is 1.61. The zero-order valence-corrected chi connectivity index (χ0v) is 9.09. The van der Waals surface area contributed by atoms with E-state index in [1.807, 2.05) is 0 Å². The highest BCUT2D eigenvalue weighted by atomic mass is 15.3. The van der Waals surface area contributed by atoms with E-state index in [-0.39, 0.29) is 0 Å². The molecule has 13 heavy (non-hydrogen) atoms. The summed E-state index contributed by atoms with van der Waals surface area (Å²) < 4.78 is 0. The summed E-state index contributed by atoms with van der Waals surface area (Å²) in [5.41, 5.74) is 0. The fourth-order valence-corrected chi connectivity index (χ4v) is 3.32. The van der Waals surface area contributed by atoms with Gasteiger partial charge < -0.3 is 5.32 Å². The Morgan fingerprint density at radius 3 is 2.69 bits per heavy atom. The summed E-state index contributed by atoms with van der Waals surface area (Å²) in [7, 11) is 0. The maximum absolute atomic E-state index is 3.62. The van der Waals surface area contributed by atoms with Crippen molar-refractivity contribution in [2.75, 3.05) is 6.54 Å². The van der Waals surface area contributed by atoms with Crippen LogP contribution in [0, 0.1) is 0 Å². The highest BCUT2D eigenvalue weighted by molar-refractivity contribution is 5.04. The maximum atomic E-state index is 3.62.